The zero-order valence-corrected chi connectivity index (χ0v) is 11.4. The van der Waals surface area contributed by atoms with Gasteiger partial charge in [0.25, 0.3) is 0 Å². The molecule has 0 aliphatic heterocycles. The first kappa shape index (κ1) is 10.5. The van der Waals surface area contributed by atoms with E-state index >= 15 is 0 Å². The van der Waals surface area contributed by atoms with Crippen LogP contribution in [0.3, 0.4) is 0 Å². The Morgan fingerprint density at radius 1 is 1.17 bits per heavy atom. The van der Waals surface area contributed by atoms with Crippen LogP contribution in [0.4, 0.5) is 0 Å². The summed E-state index contributed by atoms with van der Waals surface area (Å²) in [4.78, 5) is 0. The molecule has 0 atom stereocenters. The van der Waals surface area contributed by atoms with Gasteiger partial charge in [-0.3, -0.25) is 0 Å². The van der Waals surface area contributed by atoms with Crippen molar-refractivity contribution in [3.8, 4) is 0 Å². The van der Waals surface area contributed by atoms with E-state index in [4.69, 9.17) is 0 Å². The molecule has 0 N–H and O–H groups in total. The van der Waals surface area contributed by atoms with Crippen molar-refractivity contribution in [2.45, 2.75) is 6.92 Å². The minimum atomic E-state index is 0.398. The second-order valence-corrected chi connectivity index (χ2v) is 7.66. The molecule has 3 heteroatoms. The first-order chi connectivity index (χ1) is 5.70. The predicted molar refractivity (Wildman–Crippen MR) is 62.4 cm³/mol. The summed E-state index contributed by atoms with van der Waals surface area (Å²) in [5.74, 6) is 0. The molecule has 0 unspecified atom stereocenters. The van der Waals surface area contributed by atoms with Crippen LogP contribution < -0.4 is 4.46 Å². The number of allylic oxidation sites excluding steroid dienone is 1. The van der Waals surface area contributed by atoms with E-state index in [1.165, 1.54) is 12.3 Å². The molecule has 0 aliphatic carbocycles. The van der Waals surface area contributed by atoms with E-state index in [2.05, 4.69) is 63.0 Å². The summed E-state index contributed by atoms with van der Waals surface area (Å²) in [6.07, 6.45) is 0. The van der Waals surface area contributed by atoms with E-state index < -0.39 is 0 Å². The van der Waals surface area contributed by atoms with Gasteiger partial charge in [-0.05, 0) is 0 Å². The van der Waals surface area contributed by atoms with E-state index in [1.54, 1.807) is 0 Å². The molecule has 64 valence electrons. The molecule has 0 aromatic heterocycles. The Morgan fingerprint density at radius 3 is 2.25 bits per heavy atom. The first-order valence-corrected chi connectivity index (χ1v) is 6.75. The quantitative estimate of drug-likeness (QED) is 0.716. The van der Waals surface area contributed by atoms with Crippen LogP contribution in [0.15, 0.2) is 38.2 Å². The van der Waals surface area contributed by atoms with Gasteiger partial charge in [0, 0.05) is 0 Å². The van der Waals surface area contributed by atoms with Crippen LogP contribution in [0.1, 0.15) is 6.92 Å². The second kappa shape index (κ2) is 5.23. The maximum atomic E-state index is 3.54. The van der Waals surface area contributed by atoms with Crippen molar-refractivity contribution >= 4 is 51.3 Å². The van der Waals surface area contributed by atoms with Crippen molar-refractivity contribution < 1.29 is 0 Å². The SMILES string of the molecule is C/C(Br)=C(\Br)[Se]c1ccccc1. The fraction of sp³-hybridized carbons (Fsp3) is 0.111. The Hall–Kier alpha value is 0.439. The molecule has 1 aromatic carbocycles. The molecule has 0 amide bonds. The van der Waals surface area contributed by atoms with Gasteiger partial charge in [-0.15, -0.1) is 0 Å². The molecule has 0 bridgehead atoms. The summed E-state index contributed by atoms with van der Waals surface area (Å²) >= 11 is 7.38. The first-order valence-electron chi connectivity index (χ1n) is 3.45. The van der Waals surface area contributed by atoms with Crippen LogP contribution >= 0.6 is 31.9 Å². The number of rotatable bonds is 2. The Balaban J connectivity index is 2.72. The van der Waals surface area contributed by atoms with Crippen LogP contribution in [-0.4, -0.2) is 15.0 Å². The molecule has 0 saturated carbocycles. The molecule has 0 fully saturated rings. The number of hydrogen-bond acceptors (Lipinski definition) is 0. The molecule has 0 heterocycles. The van der Waals surface area contributed by atoms with Gasteiger partial charge in [-0.25, -0.2) is 0 Å². The molecule has 1 rings (SSSR count). The third kappa shape index (κ3) is 3.44. The van der Waals surface area contributed by atoms with E-state index in [9.17, 15) is 0 Å². The monoisotopic (exact) mass is 354 g/mol. The van der Waals surface area contributed by atoms with Crippen molar-refractivity contribution in [2.24, 2.45) is 0 Å². The van der Waals surface area contributed by atoms with Crippen LogP contribution in [0.5, 0.6) is 0 Å². The van der Waals surface area contributed by atoms with Crippen LogP contribution in [0, 0.1) is 0 Å². The van der Waals surface area contributed by atoms with Crippen LogP contribution in [0.2, 0.25) is 0 Å². The van der Waals surface area contributed by atoms with Crippen molar-refractivity contribution in [3.63, 3.8) is 0 Å². The fourth-order valence-corrected chi connectivity index (χ4v) is 3.40. The summed E-state index contributed by atoms with van der Waals surface area (Å²) < 4.78 is 3.84. The molecule has 0 radical (unpaired) electrons. The van der Waals surface area contributed by atoms with E-state index in [-0.39, 0.29) is 0 Å². The Kier molecular flexibility index (Phi) is 4.58. The topological polar surface area (TPSA) is 0 Å². The third-order valence-corrected chi connectivity index (χ3v) is 6.26. The second-order valence-electron chi connectivity index (χ2n) is 2.22. The zero-order chi connectivity index (χ0) is 8.97. The van der Waals surface area contributed by atoms with Crippen molar-refractivity contribution in [1.29, 1.82) is 0 Å². The average molecular weight is 355 g/mol. The summed E-state index contributed by atoms with van der Waals surface area (Å²) in [6.45, 7) is 2.05. The zero-order valence-electron chi connectivity index (χ0n) is 6.55. The number of halogens is 2. The Labute approximate surface area is 95.9 Å². The molecule has 1 aromatic rings. The molecule has 0 aliphatic rings. The summed E-state index contributed by atoms with van der Waals surface area (Å²) in [5.41, 5.74) is 0. The van der Waals surface area contributed by atoms with Gasteiger partial charge in [0.05, 0.1) is 0 Å². The minimum absolute atomic E-state index is 0.398. The van der Waals surface area contributed by atoms with E-state index in [1.807, 2.05) is 6.07 Å². The molecular formula is C9H8Br2Se. The fourth-order valence-electron chi connectivity index (χ4n) is 0.662. The predicted octanol–water partition coefficient (Wildman–Crippen LogP) is 2.99. The summed E-state index contributed by atoms with van der Waals surface area (Å²) in [7, 11) is 0. The molecule has 0 saturated heterocycles. The Bertz CT molecular complexity index is 276. The van der Waals surface area contributed by atoms with Crippen LogP contribution in [0.25, 0.3) is 0 Å². The number of hydrogen-bond donors (Lipinski definition) is 0. The van der Waals surface area contributed by atoms with Gasteiger partial charge in [0.2, 0.25) is 0 Å². The molecular weight excluding hydrogens is 347 g/mol. The molecule has 12 heavy (non-hydrogen) atoms. The van der Waals surface area contributed by atoms with E-state index in [0.717, 1.165) is 0 Å². The van der Waals surface area contributed by atoms with Gasteiger partial charge in [-0.1, -0.05) is 0 Å². The van der Waals surface area contributed by atoms with Gasteiger partial charge >= 0.3 is 96.4 Å². The van der Waals surface area contributed by atoms with E-state index in [0.29, 0.717) is 15.0 Å². The van der Waals surface area contributed by atoms with Gasteiger partial charge in [-0.2, -0.15) is 0 Å². The summed E-state index contributed by atoms with van der Waals surface area (Å²) in [6, 6.07) is 10.5. The van der Waals surface area contributed by atoms with Gasteiger partial charge in [0.15, 0.2) is 0 Å². The van der Waals surface area contributed by atoms with Crippen LogP contribution in [-0.2, 0) is 0 Å². The Morgan fingerprint density at radius 2 is 1.75 bits per heavy atom. The van der Waals surface area contributed by atoms with Crippen molar-refractivity contribution in [2.75, 3.05) is 0 Å². The summed E-state index contributed by atoms with van der Waals surface area (Å²) in [5, 5.41) is 0. The molecule has 0 nitrogen and oxygen atoms in total. The van der Waals surface area contributed by atoms with Gasteiger partial charge < -0.3 is 0 Å². The number of benzene rings is 1. The van der Waals surface area contributed by atoms with Crippen molar-refractivity contribution in [3.05, 3.63) is 38.2 Å². The standard InChI is InChI=1S/C9H8Br2Se/c1-7(10)9(11)12-8-5-3-2-4-6-8/h2-6H,1H3/b9-7-. The van der Waals surface area contributed by atoms with Gasteiger partial charge in [0.1, 0.15) is 0 Å². The average Bonchev–Trinajstić information content (AvgIpc) is 2.06. The third-order valence-electron chi connectivity index (χ3n) is 1.22. The normalized spacial score (nSPS) is 12.6. The molecule has 0 spiro atoms. The van der Waals surface area contributed by atoms with Crippen molar-refractivity contribution in [1.82, 2.24) is 0 Å². The maximum absolute atomic E-state index is 3.54.